The van der Waals surface area contributed by atoms with Crippen LogP contribution < -0.4 is 14.4 Å². The van der Waals surface area contributed by atoms with Crippen molar-refractivity contribution in [2.45, 2.75) is 19.8 Å². The van der Waals surface area contributed by atoms with Gasteiger partial charge in [0.1, 0.15) is 12.3 Å². The summed E-state index contributed by atoms with van der Waals surface area (Å²) in [6.45, 7) is 3.36. The Kier molecular flexibility index (Phi) is 6.80. The van der Waals surface area contributed by atoms with Gasteiger partial charge in [0.2, 0.25) is 15.9 Å². The summed E-state index contributed by atoms with van der Waals surface area (Å²) in [7, 11) is -2.41. The Morgan fingerprint density at radius 2 is 1.90 bits per heavy atom. The molecule has 0 heterocycles. The number of non-ortho nitro benzene ring substituents is 1. The number of nitro benzene ring substituents is 1. The van der Waals surface area contributed by atoms with Gasteiger partial charge in [0, 0.05) is 12.1 Å². The SMILES string of the molecule is COc1ccc([N+](=O)[O-])cc1NC(=O)CN(c1ccccc1C(C)C)S(C)(=O)=O. The molecule has 0 bridgehead atoms. The Balaban J connectivity index is 2.36. The third-order valence-corrected chi connectivity index (χ3v) is 5.31. The maximum absolute atomic E-state index is 12.6. The van der Waals surface area contributed by atoms with Crippen LogP contribution in [0.5, 0.6) is 5.75 Å². The molecule has 0 radical (unpaired) electrons. The van der Waals surface area contributed by atoms with Gasteiger partial charge in [0.05, 0.1) is 29.7 Å². The number of sulfonamides is 1. The number of carbonyl (C=O) groups is 1. The van der Waals surface area contributed by atoms with Crippen molar-refractivity contribution in [3.8, 4) is 5.75 Å². The normalized spacial score (nSPS) is 11.2. The fourth-order valence-electron chi connectivity index (χ4n) is 2.81. The van der Waals surface area contributed by atoms with E-state index in [1.54, 1.807) is 24.3 Å². The van der Waals surface area contributed by atoms with E-state index in [4.69, 9.17) is 4.74 Å². The van der Waals surface area contributed by atoms with E-state index in [0.717, 1.165) is 22.2 Å². The molecule has 10 heteroatoms. The zero-order valence-corrected chi connectivity index (χ0v) is 17.4. The smallest absolute Gasteiger partial charge is 0.271 e. The molecule has 1 amide bonds. The number of methoxy groups -OCH3 is 1. The number of para-hydroxylation sites is 1. The van der Waals surface area contributed by atoms with E-state index in [9.17, 15) is 23.3 Å². The van der Waals surface area contributed by atoms with Crippen molar-refractivity contribution < 1.29 is 22.9 Å². The van der Waals surface area contributed by atoms with Gasteiger partial charge in [-0.1, -0.05) is 32.0 Å². The highest BCUT2D eigenvalue weighted by atomic mass is 32.2. The molecule has 1 N–H and O–H groups in total. The number of carbonyl (C=O) groups excluding carboxylic acids is 1. The predicted octanol–water partition coefficient (Wildman–Crippen LogP) is 3.13. The summed E-state index contributed by atoms with van der Waals surface area (Å²) in [6, 6.07) is 10.7. The van der Waals surface area contributed by atoms with Crippen LogP contribution in [0.25, 0.3) is 0 Å². The maximum atomic E-state index is 12.6. The number of benzene rings is 2. The van der Waals surface area contributed by atoms with Gasteiger partial charge in [-0.25, -0.2) is 8.42 Å². The van der Waals surface area contributed by atoms with Crippen LogP contribution in [-0.4, -0.2) is 39.2 Å². The van der Waals surface area contributed by atoms with Gasteiger partial charge in [-0.2, -0.15) is 0 Å². The van der Waals surface area contributed by atoms with Crippen LogP contribution in [0.1, 0.15) is 25.3 Å². The Labute approximate surface area is 169 Å². The summed E-state index contributed by atoms with van der Waals surface area (Å²) in [5, 5.41) is 13.5. The van der Waals surface area contributed by atoms with Crippen molar-refractivity contribution >= 4 is 33.0 Å². The molecule has 2 aromatic rings. The molecular weight excluding hydrogens is 398 g/mol. The quantitative estimate of drug-likeness (QED) is 0.517. The summed E-state index contributed by atoms with van der Waals surface area (Å²) in [5.74, 6) is -0.402. The second-order valence-corrected chi connectivity index (χ2v) is 8.58. The maximum Gasteiger partial charge on any atom is 0.271 e. The Bertz CT molecular complexity index is 1020. The van der Waals surface area contributed by atoms with Crippen molar-refractivity contribution in [1.82, 2.24) is 0 Å². The van der Waals surface area contributed by atoms with Crippen molar-refractivity contribution in [2.24, 2.45) is 0 Å². The third kappa shape index (κ3) is 5.44. The minimum Gasteiger partial charge on any atom is -0.495 e. The molecule has 0 fully saturated rings. The van der Waals surface area contributed by atoms with Crippen LogP contribution in [0.3, 0.4) is 0 Å². The molecular formula is C19H23N3O6S. The summed E-state index contributed by atoms with van der Waals surface area (Å²) < 4.78 is 30.9. The van der Waals surface area contributed by atoms with Gasteiger partial charge in [-0.05, 0) is 23.6 Å². The van der Waals surface area contributed by atoms with E-state index in [1.165, 1.54) is 19.2 Å². The molecule has 0 saturated heterocycles. The lowest BCUT2D eigenvalue weighted by atomic mass is 10.0. The van der Waals surface area contributed by atoms with Crippen molar-refractivity contribution in [3.05, 3.63) is 58.1 Å². The van der Waals surface area contributed by atoms with Crippen LogP contribution in [0.2, 0.25) is 0 Å². The van der Waals surface area contributed by atoms with E-state index >= 15 is 0 Å². The van der Waals surface area contributed by atoms with E-state index in [0.29, 0.717) is 5.69 Å². The number of nitrogens with zero attached hydrogens (tertiary/aromatic N) is 2. The third-order valence-electron chi connectivity index (χ3n) is 4.18. The van der Waals surface area contributed by atoms with Crippen molar-refractivity contribution in [2.75, 3.05) is 29.5 Å². The lowest BCUT2D eigenvalue weighted by molar-refractivity contribution is -0.384. The van der Waals surface area contributed by atoms with Gasteiger partial charge in [-0.3, -0.25) is 19.2 Å². The van der Waals surface area contributed by atoms with Gasteiger partial charge in [0.15, 0.2) is 0 Å². The van der Waals surface area contributed by atoms with Crippen LogP contribution in [0, 0.1) is 10.1 Å². The fourth-order valence-corrected chi connectivity index (χ4v) is 3.69. The van der Waals surface area contributed by atoms with Crippen LogP contribution in [0.15, 0.2) is 42.5 Å². The number of hydrogen-bond donors (Lipinski definition) is 1. The molecule has 0 aliphatic rings. The number of ether oxygens (including phenoxy) is 1. The molecule has 0 spiro atoms. The van der Waals surface area contributed by atoms with Crippen LogP contribution in [0.4, 0.5) is 17.1 Å². The molecule has 0 unspecified atom stereocenters. The fraction of sp³-hybridized carbons (Fsp3) is 0.316. The number of amides is 1. The average molecular weight is 421 g/mol. The number of nitrogens with one attached hydrogen (secondary N) is 1. The minimum absolute atomic E-state index is 0.0374. The monoisotopic (exact) mass is 421 g/mol. The Morgan fingerprint density at radius 1 is 1.24 bits per heavy atom. The minimum atomic E-state index is -3.77. The van der Waals surface area contributed by atoms with Gasteiger partial charge >= 0.3 is 0 Å². The second kappa shape index (κ2) is 8.91. The molecule has 2 aromatic carbocycles. The molecule has 0 aromatic heterocycles. The van der Waals surface area contributed by atoms with E-state index in [1.807, 2.05) is 13.8 Å². The van der Waals surface area contributed by atoms with Crippen molar-refractivity contribution in [3.63, 3.8) is 0 Å². The number of anilines is 2. The molecule has 156 valence electrons. The van der Waals surface area contributed by atoms with E-state index in [2.05, 4.69) is 5.32 Å². The molecule has 0 saturated carbocycles. The second-order valence-electron chi connectivity index (χ2n) is 6.67. The Morgan fingerprint density at radius 3 is 2.45 bits per heavy atom. The lowest BCUT2D eigenvalue weighted by Crippen LogP contribution is -2.38. The van der Waals surface area contributed by atoms with Gasteiger partial charge in [0.25, 0.3) is 5.69 Å². The van der Waals surface area contributed by atoms with Crippen molar-refractivity contribution in [1.29, 1.82) is 0 Å². The van der Waals surface area contributed by atoms with Crippen LogP contribution >= 0.6 is 0 Å². The van der Waals surface area contributed by atoms with Gasteiger partial charge < -0.3 is 10.1 Å². The zero-order chi connectivity index (χ0) is 21.8. The summed E-state index contributed by atoms with van der Waals surface area (Å²) in [6.07, 6.45) is 1.02. The first-order valence-corrected chi connectivity index (χ1v) is 10.6. The number of hydrogen-bond acceptors (Lipinski definition) is 6. The number of nitro groups is 1. The van der Waals surface area contributed by atoms with E-state index < -0.39 is 27.4 Å². The molecule has 0 aliphatic heterocycles. The summed E-state index contributed by atoms with van der Waals surface area (Å²) in [4.78, 5) is 23.0. The average Bonchev–Trinajstić information content (AvgIpc) is 2.65. The first-order chi connectivity index (χ1) is 13.5. The van der Waals surface area contributed by atoms with Gasteiger partial charge in [-0.15, -0.1) is 0 Å². The Hall–Kier alpha value is -3.14. The lowest BCUT2D eigenvalue weighted by Gasteiger charge is -2.25. The molecule has 29 heavy (non-hydrogen) atoms. The molecule has 0 atom stereocenters. The van der Waals surface area contributed by atoms with E-state index in [-0.39, 0.29) is 23.0 Å². The number of rotatable bonds is 8. The summed E-state index contributed by atoms with van der Waals surface area (Å²) in [5.41, 5.74) is 1.04. The first kappa shape index (κ1) is 22.2. The largest absolute Gasteiger partial charge is 0.495 e. The topological polar surface area (TPSA) is 119 Å². The van der Waals surface area contributed by atoms with Crippen LogP contribution in [-0.2, 0) is 14.8 Å². The molecule has 2 rings (SSSR count). The summed E-state index contributed by atoms with van der Waals surface area (Å²) >= 11 is 0. The zero-order valence-electron chi connectivity index (χ0n) is 16.6. The highest BCUT2D eigenvalue weighted by Gasteiger charge is 2.24. The molecule has 0 aliphatic carbocycles. The highest BCUT2D eigenvalue weighted by Crippen LogP contribution is 2.31. The first-order valence-electron chi connectivity index (χ1n) is 8.73. The molecule has 9 nitrogen and oxygen atoms in total. The predicted molar refractivity (Wildman–Crippen MR) is 111 cm³/mol. The standard InChI is InChI=1S/C19H23N3O6S/c1-13(2)15-7-5-6-8-17(15)21(29(4,26)27)12-19(23)20-16-11-14(22(24)25)9-10-18(16)28-3/h5-11,13H,12H2,1-4H3,(H,20,23). The highest BCUT2D eigenvalue weighted by molar-refractivity contribution is 7.92.